The van der Waals surface area contributed by atoms with Crippen molar-refractivity contribution in [3.63, 3.8) is 0 Å². The summed E-state index contributed by atoms with van der Waals surface area (Å²) in [6, 6.07) is 96.9. The zero-order chi connectivity index (χ0) is 49.8. The quantitative estimate of drug-likeness (QED) is 0.152. The minimum atomic E-state index is 0.147. The molecule has 16 rings (SSSR count). The van der Waals surface area contributed by atoms with Gasteiger partial charge in [0, 0.05) is 79.6 Å². The van der Waals surface area contributed by atoms with Crippen LogP contribution < -0.4 is 9.80 Å². The zero-order valence-electron chi connectivity index (χ0n) is 41.3. The Labute approximate surface area is 439 Å². The van der Waals surface area contributed by atoms with Crippen molar-refractivity contribution >= 4 is 88.8 Å². The summed E-state index contributed by atoms with van der Waals surface area (Å²) in [6.07, 6.45) is 0. The van der Waals surface area contributed by atoms with Crippen LogP contribution in [0.25, 0.3) is 76.9 Å². The fourth-order valence-electron chi connectivity index (χ4n) is 12.8. The number of benzene rings is 12. The van der Waals surface area contributed by atoms with Crippen LogP contribution in [0.15, 0.2) is 276 Å². The number of para-hydroxylation sites is 2. The second-order valence-corrected chi connectivity index (χ2v) is 20.4. The molecular weight excluding hydrogens is 925 g/mol. The molecule has 0 saturated heterocycles. The minimum Gasteiger partial charge on any atom is -0.456 e. The minimum absolute atomic E-state index is 0.147. The van der Waals surface area contributed by atoms with E-state index in [1.807, 2.05) is 0 Å². The summed E-state index contributed by atoms with van der Waals surface area (Å²) in [5.74, 6) is 0.294. The van der Waals surface area contributed by atoms with Gasteiger partial charge in [-0.1, -0.05) is 158 Å². The molecule has 12 aromatic carbocycles. The molecule has 0 saturated carbocycles. The number of nitrogens with zero attached hydrogens (tertiary/aromatic N) is 2. The maximum absolute atomic E-state index is 6.83. The number of hydrogen-bond donors (Lipinski definition) is 0. The summed E-state index contributed by atoms with van der Waals surface area (Å²) < 4.78 is 13.7. The summed E-state index contributed by atoms with van der Waals surface area (Å²) >= 11 is 0. The van der Waals surface area contributed by atoms with Crippen molar-refractivity contribution in [2.24, 2.45) is 0 Å². The van der Waals surface area contributed by atoms with Crippen LogP contribution in [0.4, 0.5) is 34.1 Å². The predicted octanol–water partition coefficient (Wildman–Crippen LogP) is 19.9. The Morgan fingerprint density at radius 3 is 1.03 bits per heavy atom. The highest BCUT2D eigenvalue weighted by atomic mass is 16.3. The zero-order valence-corrected chi connectivity index (χ0v) is 41.3. The van der Waals surface area contributed by atoms with Crippen LogP contribution in [-0.4, -0.2) is 0 Å². The second kappa shape index (κ2) is 16.8. The second-order valence-electron chi connectivity index (χ2n) is 20.4. The van der Waals surface area contributed by atoms with E-state index >= 15 is 0 Å². The maximum atomic E-state index is 6.83. The highest BCUT2D eigenvalue weighted by molar-refractivity contribution is 6.16. The van der Waals surface area contributed by atoms with Gasteiger partial charge in [-0.05, 0) is 163 Å². The number of furan rings is 2. The molecule has 0 amide bonds. The van der Waals surface area contributed by atoms with Gasteiger partial charge in [-0.3, -0.25) is 0 Å². The van der Waals surface area contributed by atoms with Crippen molar-refractivity contribution in [2.75, 3.05) is 9.80 Å². The number of anilines is 6. The molecule has 2 aliphatic carbocycles. The number of rotatable bonds is 8. The topological polar surface area (TPSA) is 32.8 Å². The van der Waals surface area contributed by atoms with Gasteiger partial charge in [0.15, 0.2) is 0 Å². The van der Waals surface area contributed by atoms with E-state index in [0.29, 0.717) is 0 Å². The molecule has 0 spiro atoms. The van der Waals surface area contributed by atoms with Crippen molar-refractivity contribution in [2.45, 2.75) is 11.8 Å². The van der Waals surface area contributed by atoms with E-state index in [0.717, 1.165) is 88.8 Å². The Hall–Kier alpha value is -9.90. The summed E-state index contributed by atoms with van der Waals surface area (Å²) in [4.78, 5) is 4.70. The lowest BCUT2D eigenvalue weighted by molar-refractivity contribution is 0.668. The third-order valence-electron chi connectivity index (χ3n) is 16.1. The smallest absolute Gasteiger partial charge is 0.137 e. The van der Waals surface area contributed by atoms with E-state index in [1.54, 1.807) is 0 Å². The Morgan fingerprint density at radius 2 is 0.579 bits per heavy atom. The van der Waals surface area contributed by atoms with Crippen LogP contribution in [0.5, 0.6) is 0 Å². The standard InChI is InChI=1S/C72H46N2O2/c1-5-17-45(18-6-1)71-61-27-15-13-25-55(61)57-33-29-51(41-65(57)71)73(49-21-9-3-10-22-49)53-31-35-59-63-37-47-38-64-60-36-32-54(44-70(60)76-68(64)40-48(47)39-67(63)75-69(59)43-53)74(50-23-11-4-12-24-50)52-30-34-58-56-26-14-16-28-62(56)72(66(58)42-52)46-19-7-2-8-20-46/h1-44,71-72H. The Morgan fingerprint density at radius 1 is 0.237 bits per heavy atom. The lowest BCUT2D eigenvalue weighted by Crippen LogP contribution is -2.10. The van der Waals surface area contributed by atoms with E-state index in [4.69, 9.17) is 8.83 Å². The maximum Gasteiger partial charge on any atom is 0.137 e. The fraction of sp³-hybridized carbons (Fsp3) is 0.0278. The van der Waals surface area contributed by atoms with Crippen LogP contribution in [0.3, 0.4) is 0 Å². The summed E-state index contributed by atoms with van der Waals surface area (Å²) in [6.45, 7) is 0. The first-order chi connectivity index (χ1) is 37.7. The van der Waals surface area contributed by atoms with E-state index in [9.17, 15) is 0 Å². The molecule has 76 heavy (non-hydrogen) atoms. The first-order valence-electron chi connectivity index (χ1n) is 26.2. The fourth-order valence-corrected chi connectivity index (χ4v) is 12.8. The van der Waals surface area contributed by atoms with Gasteiger partial charge in [0.25, 0.3) is 0 Å². The van der Waals surface area contributed by atoms with Crippen molar-refractivity contribution < 1.29 is 8.83 Å². The molecule has 2 heterocycles. The molecular formula is C72H46N2O2. The van der Waals surface area contributed by atoms with Crippen LogP contribution >= 0.6 is 0 Å². The van der Waals surface area contributed by atoms with Crippen molar-refractivity contribution in [1.82, 2.24) is 0 Å². The van der Waals surface area contributed by atoms with E-state index in [-0.39, 0.29) is 11.8 Å². The first-order valence-corrected chi connectivity index (χ1v) is 26.2. The van der Waals surface area contributed by atoms with Crippen LogP contribution in [-0.2, 0) is 0 Å². The van der Waals surface area contributed by atoms with Gasteiger partial charge >= 0.3 is 0 Å². The van der Waals surface area contributed by atoms with E-state index in [1.165, 1.54) is 55.6 Å². The lowest BCUT2D eigenvalue weighted by Gasteiger charge is -2.26. The van der Waals surface area contributed by atoms with Crippen molar-refractivity contribution in [3.05, 3.63) is 300 Å². The van der Waals surface area contributed by atoms with Crippen LogP contribution in [0, 0.1) is 0 Å². The molecule has 0 bridgehead atoms. The molecule has 356 valence electrons. The third-order valence-corrected chi connectivity index (χ3v) is 16.1. The van der Waals surface area contributed by atoms with Gasteiger partial charge in [0.05, 0.1) is 0 Å². The van der Waals surface area contributed by atoms with Gasteiger partial charge in [-0.25, -0.2) is 0 Å². The molecule has 2 aromatic heterocycles. The molecule has 0 radical (unpaired) electrons. The van der Waals surface area contributed by atoms with Gasteiger partial charge in [0.2, 0.25) is 0 Å². The van der Waals surface area contributed by atoms with Crippen LogP contribution in [0.1, 0.15) is 45.2 Å². The third kappa shape index (κ3) is 6.64. The normalized spacial score (nSPS) is 14.3. The molecule has 2 aliphatic rings. The van der Waals surface area contributed by atoms with Gasteiger partial charge in [-0.15, -0.1) is 0 Å². The Kier molecular flexibility index (Phi) is 9.43. The average Bonchev–Trinajstić information content (AvgIpc) is 4.25. The van der Waals surface area contributed by atoms with E-state index < -0.39 is 0 Å². The highest BCUT2D eigenvalue weighted by Crippen LogP contribution is 2.52. The van der Waals surface area contributed by atoms with Gasteiger partial charge < -0.3 is 18.6 Å². The molecule has 0 aliphatic heterocycles. The van der Waals surface area contributed by atoms with Gasteiger partial charge in [0.1, 0.15) is 22.3 Å². The molecule has 2 atom stereocenters. The largest absolute Gasteiger partial charge is 0.456 e. The summed E-state index contributed by atoms with van der Waals surface area (Å²) in [7, 11) is 0. The van der Waals surface area contributed by atoms with Crippen molar-refractivity contribution in [3.8, 4) is 22.3 Å². The monoisotopic (exact) mass is 970 g/mol. The SMILES string of the molecule is c1ccc(C2c3ccccc3-c3ccc(N(c4ccccc4)c4ccc5c(c4)oc4cc6cc7oc8cc(N(c9ccccc9)c9ccc%10c(c9)C(c9ccccc9)c9ccccc9-%10)ccc8c7cc6cc45)cc32)cc1. The van der Waals surface area contributed by atoms with Crippen LogP contribution in [0.2, 0.25) is 0 Å². The van der Waals surface area contributed by atoms with E-state index in [2.05, 4.69) is 277 Å². The Balaban J connectivity index is 0.773. The van der Waals surface area contributed by atoms with Crippen molar-refractivity contribution in [1.29, 1.82) is 0 Å². The molecule has 0 N–H and O–H groups in total. The lowest BCUT2D eigenvalue weighted by atomic mass is 9.89. The summed E-state index contributed by atoms with van der Waals surface area (Å²) in [5.41, 5.74) is 22.9. The summed E-state index contributed by atoms with van der Waals surface area (Å²) in [5, 5.41) is 6.53. The molecule has 4 heteroatoms. The Bertz CT molecular complexity index is 4310. The van der Waals surface area contributed by atoms with Gasteiger partial charge in [-0.2, -0.15) is 0 Å². The average molecular weight is 971 g/mol. The molecule has 4 nitrogen and oxygen atoms in total. The molecule has 14 aromatic rings. The molecule has 2 unspecified atom stereocenters. The predicted molar refractivity (Wildman–Crippen MR) is 314 cm³/mol. The number of hydrogen-bond acceptors (Lipinski definition) is 4. The number of fused-ring (bicyclic) bond motifs is 13. The molecule has 0 fully saturated rings. The highest BCUT2D eigenvalue weighted by Gasteiger charge is 2.33. The first kappa shape index (κ1) is 42.6.